The lowest BCUT2D eigenvalue weighted by atomic mass is 10.1. The van der Waals surface area contributed by atoms with Crippen LogP contribution in [0.25, 0.3) is 15.7 Å². The van der Waals surface area contributed by atoms with Crippen molar-refractivity contribution >= 4 is 27.1 Å². The highest BCUT2D eigenvalue weighted by atomic mass is 32.1. The standard InChI is InChI=1S/C11H11N3OS/c1-6(2)9-10-7(11(15)13-12-9)5-8-14(10)3-4-16-8/h3-6H,1-2H3,(H,13,15). The molecule has 3 rings (SSSR count). The third-order valence-electron chi connectivity index (χ3n) is 2.71. The maximum absolute atomic E-state index is 11.7. The van der Waals surface area contributed by atoms with Crippen LogP contribution in [0.15, 0.2) is 22.4 Å². The molecule has 0 bridgehead atoms. The van der Waals surface area contributed by atoms with Gasteiger partial charge in [-0.05, 0) is 12.0 Å². The van der Waals surface area contributed by atoms with Crippen LogP contribution in [0, 0.1) is 0 Å². The van der Waals surface area contributed by atoms with Crippen LogP contribution in [0.4, 0.5) is 0 Å². The molecule has 0 aromatic carbocycles. The highest BCUT2D eigenvalue weighted by molar-refractivity contribution is 7.15. The number of nitrogens with zero attached hydrogens (tertiary/aromatic N) is 2. The second-order valence-electron chi connectivity index (χ2n) is 4.11. The van der Waals surface area contributed by atoms with E-state index in [1.54, 1.807) is 11.3 Å². The van der Waals surface area contributed by atoms with Gasteiger partial charge in [-0.15, -0.1) is 11.3 Å². The van der Waals surface area contributed by atoms with E-state index in [0.29, 0.717) is 0 Å². The Balaban J connectivity index is 2.60. The summed E-state index contributed by atoms with van der Waals surface area (Å²) in [7, 11) is 0. The number of nitrogens with one attached hydrogen (secondary N) is 1. The first-order valence-electron chi connectivity index (χ1n) is 5.15. The molecule has 0 amide bonds. The second kappa shape index (κ2) is 3.18. The first kappa shape index (κ1) is 9.59. The van der Waals surface area contributed by atoms with Crippen molar-refractivity contribution in [2.24, 2.45) is 0 Å². The molecule has 0 saturated heterocycles. The van der Waals surface area contributed by atoms with Crippen molar-refractivity contribution in [1.82, 2.24) is 14.6 Å². The van der Waals surface area contributed by atoms with E-state index in [1.807, 2.05) is 22.0 Å². The molecular weight excluding hydrogens is 222 g/mol. The summed E-state index contributed by atoms with van der Waals surface area (Å²) < 4.78 is 2.04. The molecule has 0 fully saturated rings. The molecular formula is C11H11N3OS. The lowest BCUT2D eigenvalue weighted by Crippen LogP contribution is -2.11. The zero-order valence-corrected chi connectivity index (χ0v) is 9.84. The summed E-state index contributed by atoms with van der Waals surface area (Å²) in [5, 5.41) is 9.46. The van der Waals surface area contributed by atoms with Crippen molar-refractivity contribution in [3.05, 3.63) is 33.7 Å². The summed E-state index contributed by atoms with van der Waals surface area (Å²) in [5.74, 6) is 0.289. The van der Waals surface area contributed by atoms with Crippen molar-refractivity contribution in [3.63, 3.8) is 0 Å². The van der Waals surface area contributed by atoms with Gasteiger partial charge in [-0.3, -0.25) is 4.79 Å². The molecule has 1 N–H and O–H groups in total. The van der Waals surface area contributed by atoms with Gasteiger partial charge in [-0.2, -0.15) is 5.10 Å². The number of aromatic amines is 1. The van der Waals surface area contributed by atoms with Gasteiger partial charge in [0.1, 0.15) is 4.83 Å². The van der Waals surface area contributed by atoms with Crippen LogP contribution in [-0.4, -0.2) is 14.6 Å². The van der Waals surface area contributed by atoms with Gasteiger partial charge < -0.3 is 4.40 Å². The molecule has 3 aromatic heterocycles. The number of rotatable bonds is 1. The van der Waals surface area contributed by atoms with Crippen LogP contribution in [0.5, 0.6) is 0 Å². The molecule has 5 heteroatoms. The normalized spacial score (nSPS) is 11.9. The number of thiazole rings is 1. The monoisotopic (exact) mass is 233 g/mol. The molecule has 0 aliphatic heterocycles. The minimum atomic E-state index is -0.115. The molecule has 0 spiro atoms. The van der Waals surface area contributed by atoms with Crippen LogP contribution < -0.4 is 5.56 Å². The fourth-order valence-electron chi connectivity index (χ4n) is 1.96. The molecule has 0 radical (unpaired) electrons. The van der Waals surface area contributed by atoms with Crippen LogP contribution in [0.1, 0.15) is 25.5 Å². The lowest BCUT2D eigenvalue weighted by molar-refractivity contribution is 0.788. The SMILES string of the molecule is CC(C)c1n[nH]c(=O)c2cc3sccn3c12. The molecule has 82 valence electrons. The van der Waals surface area contributed by atoms with E-state index in [4.69, 9.17) is 0 Å². The van der Waals surface area contributed by atoms with Gasteiger partial charge in [-0.1, -0.05) is 13.8 Å². The first-order valence-corrected chi connectivity index (χ1v) is 6.03. The van der Waals surface area contributed by atoms with Gasteiger partial charge >= 0.3 is 0 Å². The number of aromatic nitrogens is 3. The van der Waals surface area contributed by atoms with Gasteiger partial charge in [0.25, 0.3) is 5.56 Å². The Labute approximate surface area is 95.5 Å². The summed E-state index contributed by atoms with van der Waals surface area (Å²) in [4.78, 5) is 12.8. The number of hydrogen-bond acceptors (Lipinski definition) is 3. The summed E-state index contributed by atoms with van der Waals surface area (Å²) in [6, 6.07) is 1.92. The van der Waals surface area contributed by atoms with Crippen molar-refractivity contribution < 1.29 is 0 Å². The maximum atomic E-state index is 11.7. The van der Waals surface area contributed by atoms with E-state index in [1.165, 1.54) is 0 Å². The van der Waals surface area contributed by atoms with Gasteiger partial charge in [0.2, 0.25) is 0 Å². The van der Waals surface area contributed by atoms with Crippen LogP contribution >= 0.6 is 11.3 Å². The van der Waals surface area contributed by atoms with Crippen molar-refractivity contribution in [2.45, 2.75) is 19.8 Å². The number of fused-ring (bicyclic) bond motifs is 3. The Morgan fingerprint density at radius 3 is 3.06 bits per heavy atom. The Kier molecular flexibility index (Phi) is 1.91. The summed E-state index contributed by atoms with van der Waals surface area (Å²) in [6.07, 6.45) is 1.98. The Morgan fingerprint density at radius 2 is 2.31 bits per heavy atom. The molecule has 0 saturated carbocycles. The number of H-pyrrole nitrogens is 1. The fourth-order valence-corrected chi connectivity index (χ4v) is 2.74. The van der Waals surface area contributed by atoms with Gasteiger partial charge in [0, 0.05) is 11.6 Å². The van der Waals surface area contributed by atoms with Crippen LogP contribution in [0.3, 0.4) is 0 Å². The minimum Gasteiger partial charge on any atom is -0.305 e. The summed E-state index contributed by atoms with van der Waals surface area (Å²) >= 11 is 1.62. The summed E-state index contributed by atoms with van der Waals surface area (Å²) in [6.45, 7) is 4.15. The van der Waals surface area contributed by atoms with Gasteiger partial charge in [0.05, 0.1) is 16.6 Å². The summed E-state index contributed by atoms with van der Waals surface area (Å²) in [5.41, 5.74) is 1.76. The average Bonchev–Trinajstić information content (AvgIpc) is 2.78. The molecule has 0 aliphatic rings. The molecule has 16 heavy (non-hydrogen) atoms. The minimum absolute atomic E-state index is 0.115. The van der Waals surface area contributed by atoms with Crippen LogP contribution in [0.2, 0.25) is 0 Å². The Hall–Kier alpha value is -1.62. The van der Waals surface area contributed by atoms with E-state index in [-0.39, 0.29) is 11.5 Å². The van der Waals surface area contributed by atoms with E-state index < -0.39 is 0 Å². The predicted octanol–water partition coefficient (Wildman–Crippen LogP) is 2.36. The lowest BCUT2D eigenvalue weighted by Gasteiger charge is -2.05. The third kappa shape index (κ3) is 1.15. The topological polar surface area (TPSA) is 50.2 Å². The highest BCUT2D eigenvalue weighted by Gasteiger charge is 2.14. The van der Waals surface area contributed by atoms with E-state index in [2.05, 4.69) is 24.0 Å². The van der Waals surface area contributed by atoms with Crippen molar-refractivity contribution in [2.75, 3.05) is 0 Å². The fraction of sp³-hybridized carbons (Fsp3) is 0.273. The third-order valence-corrected chi connectivity index (χ3v) is 3.53. The molecule has 4 nitrogen and oxygen atoms in total. The molecule has 3 aromatic rings. The molecule has 3 heterocycles. The number of hydrogen-bond donors (Lipinski definition) is 1. The zero-order chi connectivity index (χ0) is 11.3. The van der Waals surface area contributed by atoms with Crippen molar-refractivity contribution in [3.8, 4) is 0 Å². The largest absolute Gasteiger partial charge is 0.305 e. The zero-order valence-electron chi connectivity index (χ0n) is 9.02. The van der Waals surface area contributed by atoms with Gasteiger partial charge in [0.15, 0.2) is 0 Å². The van der Waals surface area contributed by atoms with Crippen molar-refractivity contribution in [1.29, 1.82) is 0 Å². The Morgan fingerprint density at radius 1 is 1.50 bits per heavy atom. The highest BCUT2D eigenvalue weighted by Crippen LogP contribution is 2.26. The molecule has 0 unspecified atom stereocenters. The Bertz CT molecular complexity index is 720. The predicted molar refractivity (Wildman–Crippen MR) is 65.3 cm³/mol. The van der Waals surface area contributed by atoms with E-state index >= 15 is 0 Å². The van der Waals surface area contributed by atoms with Gasteiger partial charge in [-0.25, -0.2) is 5.10 Å². The maximum Gasteiger partial charge on any atom is 0.273 e. The quantitative estimate of drug-likeness (QED) is 0.701. The van der Waals surface area contributed by atoms with E-state index in [9.17, 15) is 4.79 Å². The molecule has 0 aliphatic carbocycles. The first-order chi connectivity index (χ1) is 7.68. The van der Waals surface area contributed by atoms with Crippen LogP contribution in [-0.2, 0) is 0 Å². The smallest absolute Gasteiger partial charge is 0.273 e. The average molecular weight is 233 g/mol. The molecule has 0 atom stereocenters. The second-order valence-corrected chi connectivity index (χ2v) is 5.04. The van der Waals surface area contributed by atoms with E-state index in [0.717, 1.165) is 21.4 Å².